The topological polar surface area (TPSA) is 78.6 Å². The molecule has 0 radical (unpaired) electrons. The SMILES string of the molecule is CO[N+](=O)NC(C(=O)O)C(C)C. The molecule has 6 nitrogen and oxygen atoms in total. The summed E-state index contributed by atoms with van der Waals surface area (Å²) in [6, 6.07) is -0.928. The van der Waals surface area contributed by atoms with Crippen LogP contribution in [0.2, 0.25) is 0 Å². The van der Waals surface area contributed by atoms with Gasteiger partial charge < -0.3 is 5.11 Å². The summed E-state index contributed by atoms with van der Waals surface area (Å²) < 4.78 is 0. The molecule has 0 aliphatic carbocycles. The fourth-order valence-corrected chi connectivity index (χ4v) is 0.656. The lowest BCUT2D eigenvalue weighted by molar-refractivity contribution is -0.839. The van der Waals surface area contributed by atoms with Crippen molar-refractivity contribution in [1.29, 1.82) is 0 Å². The highest BCUT2D eigenvalue weighted by Crippen LogP contribution is 2.00. The molecular weight excluding hydrogens is 164 g/mol. The average molecular weight is 177 g/mol. The number of nitrogens with one attached hydrogen (secondary N) is 1. The van der Waals surface area contributed by atoms with Crippen LogP contribution in [0.25, 0.3) is 0 Å². The largest absolute Gasteiger partial charge is 0.480 e. The minimum absolute atomic E-state index is 0.0266. The van der Waals surface area contributed by atoms with E-state index in [1.807, 2.05) is 0 Å². The van der Waals surface area contributed by atoms with Crippen molar-refractivity contribution in [2.24, 2.45) is 5.92 Å². The molecule has 0 fully saturated rings. The van der Waals surface area contributed by atoms with E-state index >= 15 is 0 Å². The zero-order valence-electron chi connectivity index (χ0n) is 7.27. The molecule has 0 aromatic heterocycles. The number of rotatable bonds is 5. The van der Waals surface area contributed by atoms with Crippen LogP contribution >= 0.6 is 0 Å². The quantitative estimate of drug-likeness (QED) is 0.575. The van der Waals surface area contributed by atoms with Crippen molar-refractivity contribution in [3.8, 4) is 0 Å². The number of hydrogen-bond acceptors (Lipinski definition) is 3. The molecule has 2 N–H and O–H groups in total. The van der Waals surface area contributed by atoms with Gasteiger partial charge in [-0.15, -0.1) is 0 Å². The molecule has 0 saturated heterocycles. The van der Waals surface area contributed by atoms with Crippen LogP contribution in [0.4, 0.5) is 0 Å². The van der Waals surface area contributed by atoms with Gasteiger partial charge in [0.05, 0.1) is 0 Å². The highest BCUT2D eigenvalue weighted by molar-refractivity contribution is 5.73. The highest BCUT2D eigenvalue weighted by Gasteiger charge is 2.28. The lowest BCUT2D eigenvalue weighted by Crippen LogP contribution is -2.45. The summed E-state index contributed by atoms with van der Waals surface area (Å²) in [5, 5.41) is 8.63. The third-order valence-corrected chi connectivity index (χ3v) is 1.34. The van der Waals surface area contributed by atoms with Gasteiger partial charge in [0.15, 0.2) is 13.2 Å². The molecule has 0 amide bonds. The number of carboxylic acids is 1. The molecule has 0 spiro atoms. The Hall–Kier alpha value is -1.33. The number of hydrogen-bond donors (Lipinski definition) is 2. The van der Waals surface area contributed by atoms with Gasteiger partial charge in [0.1, 0.15) is 4.91 Å². The Labute approximate surface area is 70.0 Å². The maximum atomic E-state index is 10.6. The van der Waals surface area contributed by atoms with Gasteiger partial charge >= 0.3 is 11.0 Å². The minimum atomic E-state index is -1.08. The van der Waals surface area contributed by atoms with Crippen molar-refractivity contribution in [1.82, 2.24) is 5.43 Å². The van der Waals surface area contributed by atoms with Crippen LogP contribution in [0.1, 0.15) is 13.8 Å². The van der Waals surface area contributed by atoms with Crippen LogP contribution in [0.15, 0.2) is 0 Å². The fourth-order valence-electron chi connectivity index (χ4n) is 0.656. The summed E-state index contributed by atoms with van der Waals surface area (Å²) in [6.07, 6.45) is 0. The van der Waals surface area contributed by atoms with E-state index in [1.165, 1.54) is 0 Å². The number of aliphatic carboxylic acids is 1. The van der Waals surface area contributed by atoms with Gasteiger partial charge in [-0.3, -0.25) is 0 Å². The number of carbonyl (C=O) groups is 1. The van der Waals surface area contributed by atoms with E-state index < -0.39 is 12.0 Å². The van der Waals surface area contributed by atoms with Gasteiger partial charge in [-0.2, -0.15) is 0 Å². The van der Waals surface area contributed by atoms with E-state index in [-0.39, 0.29) is 11.0 Å². The van der Waals surface area contributed by atoms with Crippen molar-refractivity contribution in [3.05, 3.63) is 4.91 Å². The Morgan fingerprint density at radius 3 is 2.33 bits per heavy atom. The van der Waals surface area contributed by atoms with E-state index in [4.69, 9.17) is 5.11 Å². The molecule has 1 atom stereocenters. The summed E-state index contributed by atoms with van der Waals surface area (Å²) in [5.74, 6) is -1.27. The first-order valence-electron chi connectivity index (χ1n) is 3.49. The molecule has 0 aromatic rings. The van der Waals surface area contributed by atoms with Crippen molar-refractivity contribution < 1.29 is 19.8 Å². The molecule has 0 aliphatic rings. The first-order valence-corrected chi connectivity index (χ1v) is 3.49. The smallest absolute Gasteiger partial charge is 0.357 e. The standard InChI is InChI=1S/C6H12N2O4/c1-4(2)5(6(9)10)7-8(11)12-3/h4-5H,1-3H3,(H-,7,9,10,11)/p+1. The molecule has 0 saturated carbocycles. The molecule has 0 rings (SSSR count). The van der Waals surface area contributed by atoms with Crippen molar-refractivity contribution in [2.45, 2.75) is 19.9 Å². The summed E-state index contributed by atoms with van der Waals surface area (Å²) >= 11 is 0. The number of nitrogens with zero attached hydrogens (tertiary/aromatic N) is 1. The maximum absolute atomic E-state index is 10.6. The molecule has 0 aliphatic heterocycles. The van der Waals surface area contributed by atoms with E-state index in [0.29, 0.717) is 0 Å². The normalized spacial score (nSPS) is 12.3. The van der Waals surface area contributed by atoms with Crippen LogP contribution in [-0.4, -0.2) is 29.3 Å². The lowest BCUT2D eigenvalue weighted by Gasteiger charge is -2.10. The van der Waals surface area contributed by atoms with E-state index in [0.717, 1.165) is 7.11 Å². The van der Waals surface area contributed by atoms with Gasteiger partial charge in [-0.05, 0) is 5.92 Å². The maximum Gasteiger partial charge on any atom is 0.357 e. The van der Waals surface area contributed by atoms with Crippen molar-refractivity contribution in [2.75, 3.05) is 7.11 Å². The molecule has 1 unspecified atom stereocenters. The van der Waals surface area contributed by atoms with Gasteiger partial charge in [0, 0.05) is 0 Å². The Balaban J connectivity index is 4.14. The van der Waals surface area contributed by atoms with Crippen LogP contribution in [0.3, 0.4) is 0 Å². The van der Waals surface area contributed by atoms with Crippen LogP contribution in [0.5, 0.6) is 0 Å². The van der Waals surface area contributed by atoms with Gasteiger partial charge in [-0.25, -0.2) is 9.63 Å². The molecular formula is C6H13N2O4+. The first kappa shape index (κ1) is 10.7. The second-order valence-corrected chi connectivity index (χ2v) is 2.63. The lowest BCUT2D eigenvalue weighted by atomic mass is 10.1. The van der Waals surface area contributed by atoms with Crippen LogP contribution < -0.4 is 5.43 Å². The predicted octanol–water partition coefficient (Wildman–Crippen LogP) is -0.0595. The summed E-state index contributed by atoms with van der Waals surface area (Å²) in [5.41, 5.74) is 2.12. The Bertz CT molecular complexity index is 180. The zero-order chi connectivity index (χ0) is 9.72. The molecule has 0 heterocycles. The predicted molar refractivity (Wildman–Crippen MR) is 40.0 cm³/mol. The Morgan fingerprint density at radius 2 is 2.08 bits per heavy atom. The third kappa shape index (κ3) is 3.18. The third-order valence-electron chi connectivity index (χ3n) is 1.34. The monoisotopic (exact) mass is 177 g/mol. The summed E-state index contributed by atoms with van der Waals surface area (Å²) in [7, 11) is 1.15. The molecule has 70 valence electrons. The van der Waals surface area contributed by atoms with Crippen LogP contribution in [0, 0.1) is 10.8 Å². The molecule has 0 bridgehead atoms. The highest BCUT2D eigenvalue weighted by atomic mass is 16.8. The second kappa shape index (κ2) is 4.53. The second-order valence-electron chi connectivity index (χ2n) is 2.63. The van der Waals surface area contributed by atoms with Crippen LogP contribution in [-0.2, 0) is 9.63 Å². The first-order chi connectivity index (χ1) is 5.49. The average Bonchev–Trinajstić information content (AvgIpc) is 1.98. The Morgan fingerprint density at radius 1 is 1.58 bits per heavy atom. The molecule has 12 heavy (non-hydrogen) atoms. The fraction of sp³-hybridized carbons (Fsp3) is 0.833. The van der Waals surface area contributed by atoms with Crippen molar-refractivity contribution in [3.63, 3.8) is 0 Å². The van der Waals surface area contributed by atoms with E-state index in [1.54, 1.807) is 13.8 Å². The van der Waals surface area contributed by atoms with Crippen molar-refractivity contribution >= 4 is 5.97 Å². The van der Waals surface area contributed by atoms with E-state index in [2.05, 4.69) is 10.3 Å². The molecule has 6 heteroatoms. The van der Waals surface area contributed by atoms with Gasteiger partial charge in [-0.1, -0.05) is 19.3 Å². The molecule has 0 aromatic carbocycles. The van der Waals surface area contributed by atoms with Gasteiger partial charge in [0.2, 0.25) is 0 Å². The summed E-state index contributed by atoms with van der Waals surface area (Å²) in [4.78, 5) is 25.2. The number of hydrazine groups is 1. The van der Waals surface area contributed by atoms with E-state index in [9.17, 15) is 9.70 Å². The Kier molecular flexibility index (Phi) is 4.03. The zero-order valence-corrected chi connectivity index (χ0v) is 7.27. The minimum Gasteiger partial charge on any atom is -0.480 e. The summed E-state index contributed by atoms with van der Waals surface area (Å²) in [6.45, 7) is 3.38. The van der Waals surface area contributed by atoms with Gasteiger partial charge in [0.25, 0.3) is 0 Å². The number of carboxylic acid groups (broad SMARTS) is 1.